The number of ether oxygens (including phenoxy) is 1. The van der Waals surface area contributed by atoms with Gasteiger partial charge in [0.25, 0.3) is 0 Å². The molecule has 0 saturated carbocycles. The summed E-state index contributed by atoms with van der Waals surface area (Å²) in [7, 11) is 1.54. The fraction of sp³-hybridized carbons (Fsp3) is 0.143. The normalized spacial score (nSPS) is 11.8. The summed E-state index contributed by atoms with van der Waals surface area (Å²) < 4.78 is 44.2. The lowest BCUT2D eigenvalue weighted by atomic mass is 10.1. The van der Waals surface area contributed by atoms with Crippen LogP contribution >= 0.6 is 0 Å². The van der Waals surface area contributed by atoms with Crippen LogP contribution in [0.25, 0.3) is 17.0 Å². The van der Waals surface area contributed by atoms with Crippen LogP contribution in [0.2, 0.25) is 0 Å². The van der Waals surface area contributed by atoms with E-state index in [4.69, 9.17) is 4.74 Å². The fourth-order valence-corrected chi connectivity index (χ4v) is 1.92. The van der Waals surface area contributed by atoms with Crippen molar-refractivity contribution < 1.29 is 17.9 Å². The molecule has 0 atom stereocenters. The van der Waals surface area contributed by atoms with E-state index in [-0.39, 0.29) is 0 Å². The van der Waals surface area contributed by atoms with E-state index in [0.29, 0.717) is 22.8 Å². The second-order valence-electron chi connectivity index (χ2n) is 4.38. The number of halogens is 3. The molecule has 0 aliphatic rings. The van der Waals surface area contributed by atoms with Crippen molar-refractivity contribution in [2.75, 3.05) is 7.11 Å². The molecule has 0 fully saturated rings. The molecule has 0 bridgehead atoms. The SMILES string of the molecule is COc1ccc2nc(-c3ccc(C(F)(F)F)cc3)nn2c1. The standard InChI is InChI=1S/C14H10F3N3O/c1-21-11-6-7-12-18-13(19-20(12)8-11)9-2-4-10(5-3-9)14(15,16)17/h2-8H,1H3. The van der Waals surface area contributed by atoms with E-state index in [1.54, 1.807) is 18.3 Å². The largest absolute Gasteiger partial charge is 0.495 e. The zero-order valence-corrected chi connectivity index (χ0v) is 10.9. The van der Waals surface area contributed by atoms with Crippen LogP contribution in [0.5, 0.6) is 5.75 Å². The minimum Gasteiger partial charge on any atom is -0.495 e. The van der Waals surface area contributed by atoms with Crippen LogP contribution in [0.4, 0.5) is 13.2 Å². The molecule has 4 nitrogen and oxygen atoms in total. The Kier molecular flexibility index (Phi) is 3.04. The zero-order valence-electron chi connectivity index (χ0n) is 10.9. The first-order chi connectivity index (χ1) is 9.97. The van der Waals surface area contributed by atoms with Gasteiger partial charge in [0, 0.05) is 5.56 Å². The monoisotopic (exact) mass is 293 g/mol. The first kappa shape index (κ1) is 13.4. The highest BCUT2D eigenvalue weighted by Crippen LogP contribution is 2.30. The molecule has 0 N–H and O–H groups in total. The number of fused-ring (bicyclic) bond motifs is 1. The second kappa shape index (κ2) is 4.76. The highest BCUT2D eigenvalue weighted by atomic mass is 19.4. The molecule has 3 aromatic rings. The molecule has 108 valence electrons. The van der Waals surface area contributed by atoms with Crippen molar-refractivity contribution in [2.24, 2.45) is 0 Å². The maximum atomic E-state index is 12.5. The van der Waals surface area contributed by atoms with Crippen LogP contribution < -0.4 is 4.74 Å². The molecule has 2 heterocycles. The summed E-state index contributed by atoms with van der Waals surface area (Å²) in [5.41, 5.74) is 0.410. The third-order valence-corrected chi connectivity index (χ3v) is 3.01. The topological polar surface area (TPSA) is 39.4 Å². The van der Waals surface area contributed by atoms with Gasteiger partial charge >= 0.3 is 6.18 Å². The van der Waals surface area contributed by atoms with Gasteiger partial charge in [-0.25, -0.2) is 9.50 Å². The van der Waals surface area contributed by atoms with Gasteiger partial charge in [0.1, 0.15) is 5.75 Å². The number of rotatable bonds is 2. The molecule has 3 rings (SSSR count). The maximum Gasteiger partial charge on any atom is 0.416 e. The average Bonchev–Trinajstić information content (AvgIpc) is 2.89. The van der Waals surface area contributed by atoms with Gasteiger partial charge < -0.3 is 4.74 Å². The summed E-state index contributed by atoms with van der Waals surface area (Å²) >= 11 is 0. The van der Waals surface area contributed by atoms with Crippen molar-refractivity contribution in [1.82, 2.24) is 14.6 Å². The van der Waals surface area contributed by atoms with Crippen LogP contribution in [0.1, 0.15) is 5.56 Å². The lowest BCUT2D eigenvalue weighted by Crippen LogP contribution is -2.04. The Morgan fingerprint density at radius 1 is 1.05 bits per heavy atom. The Hall–Kier alpha value is -2.57. The zero-order chi connectivity index (χ0) is 15.0. The maximum absolute atomic E-state index is 12.5. The Morgan fingerprint density at radius 2 is 1.76 bits per heavy atom. The van der Waals surface area contributed by atoms with Crippen LogP contribution in [0.15, 0.2) is 42.6 Å². The molecule has 0 aliphatic heterocycles. The lowest BCUT2D eigenvalue weighted by molar-refractivity contribution is -0.137. The number of hydrogen-bond acceptors (Lipinski definition) is 3. The van der Waals surface area contributed by atoms with Gasteiger partial charge in [0.2, 0.25) is 0 Å². The van der Waals surface area contributed by atoms with Gasteiger partial charge in [-0.05, 0) is 24.3 Å². The van der Waals surface area contributed by atoms with Crippen molar-refractivity contribution in [3.05, 3.63) is 48.2 Å². The summed E-state index contributed by atoms with van der Waals surface area (Å²) in [4.78, 5) is 4.27. The molecule has 1 aromatic carbocycles. The number of pyridine rings is 1. The number of alkyl halides is 3. The molecule has 0 saturated heterocycles. The highest BCUT2D eigenvalue weighted by Gasteiger charge is 2.30. The van der Waals surface area contributed by atoms with Gasteiger partial charge in [0.15, 0.2) is 11.5 Å². The number of benzene rings is 1. The summed E-state index contributed by atoms with van der Waals surface area (Å²) in [5, 5.41) is 4.23. The van der Waals surface area contributed by atoms with Crippen LogP contribution in [-0.2, 0) is 6.18 Å². The molecule has 0 aliphatic carbocycles. The Labute approximate surface area is 117 Å². The van der Waals surface area contributed by atoms with Crippen molar-refractivity contribution in [3.8, 4) is 17.1 Å². The first-order valence-electron chi connectivity index (χ1n) is 6.05. The van der Waals surface area contributed by atoms with E-state index >= 15 is 0 Å². The third-order valence-electron chi connectivity index (χ3n) is 3.01. The van der Waals surface area contributed by atoms with Gasteiger partial charge in [-0.15, -0.1) is 5.10 Å². The van der Waals surface area contributed by atoms with E-state index in [9.17, 15) is 13.2 Å². The van der Waals surface area contributed by atoms with E-state index in [2.05, 4.69) is 10.1 Å². The summed E-state index contributed by atoms with van der Waals surface area (Å²) in [6, 6.07) is 8.20. The van der Waals surface area contributed by atoms with E-state index in [1.807, 2.05) is 0 Å². The summed E-state index contributed by atoms with van der Waals surface area (Å²) in [6.07, 6.45) is -2.70. The molecular formula is C14H10F3N3O. The Morgan fingerprint density at radius 3 is 2.38 bits per heavy atom. The van der Waals surface area contributed by atoms with Crippen LogP contribution in [0.3, 0.4) is 0 Å². The van der Waals surface area contributed by atoms with Crippen molar-refractivity contribution in [2.45, 2.75) is 6.18 Å². The molecule has 0 radical (unpaired) electrons. The number of aromatic nitrogens is 3. The number of methoxy groups -OCH3 is 1. The minimum absolute atomic E-state index is 0.358. The van der Waals surface area contributed by atoms with Crippen LogP contribution in [-0.4, -0.2) is 21.7 Å². The van der Waals surface area contributed by atoms with E-state index in [0.717, 1.165) is 12.1 Å². The van der Waals surface area contributed by atoms with Gasteiger partial charge in [0.05, 0.1) is 18.9 Å². The molecule has 21 heavy (non-hydrogen) atoms. The van der Waals surface area contributed by atoms with E-state index < -0.39 is 11.7 Å². The third kappa shape index (κ3) is 2.54. The van der Waals surface area contributed by atoms with Gasteiger partial charge in [-0.2, -0.15) is 13.2 Å². The number of hydrogen-bond donors (Lipinski definition) is 0. The van der Waals surface area contributed by atoms with Gasteiger partial charge in [-0.1, -0.05) is 12.1 Å². The van der Waals surface area contributed by atoms with Crippen LogP contribution in [0, 0.1) is 0 Å². The summed E-state index contributed by atoms with van der Waals surface area (Å²) in [6.45, 7) is 0. The van der Waals surface area contributed by atoms with Crippen molar-refractivity contribution in [3.63, 3.8) is 0 Å². The lowest BCUT2D eigenvalue weighted by Gasteiger charge is -2.05. The number of nitrogens with zero attached hydrogens (tertiary/aromatic N) is 3. The average molecular weight is 293 g/mol. The summed E-state index contributed by atoms with van der Waals surface area (Å²) in [5.74, 6) is 0.975. The fourth-order valence-electron chi connectivity index (χ4n) is 1.92. The molecule has 0 unspecified atom stereocenters. The smallest absolute Gasteiger partial charge is 0.416 e. The predicted octanol–water partition coefficient (Wildman–Crippen LogP) is 3.42. The van der Waals surface area contributed by atoms with E-state index in [1.165, 1.54) is 23.8 Å². The quantitative estimate of drug-likeness (QED) is 0.726. The minimum atomic E-state index is -4.35. The highest BCUT2D eigenvalue weighted by molar-refractivity contribution is 5.59. The Bertz CT molecular complexity index is 778. The molecule has 2 aromatic heterocycles. The molecule has 0 spiro atoms. The predicted molar refractivity (Wildman–Crippen MR) is 70.0 cm³/mol. The van der Waals surface area contributed by atoms with Crippen molar-refractivity contribution in [1.29, 1.82) is 0 Å². The molecule has 0 amide bonds. The first-order valence-corrected chi connectivity index (χ1v) is 6.05. The Balaban J connectivity index is 2.00. The molecule has 7 heteroatoms. The van der Waals surface area contributed by atoms with Gasteiger partial charge in [-0.3, -0.25) is 0 Å². The molecular weight excluding hydrogens is 283 g/mol. The van der Waals surface area contributed by atoms with Crippen molar-refractivity contribution >= 4 is 5.65 Å². The second-order valence-corrected chi connectivity index (χ2v) is 4.38.